The Morgan fingerprint density at radius 3 is 2.88 bits per heavy atom. The van der Waals surface area contributed by atoms with E-state index in [-0.39, 0.29) is 0 Å². The summed E-state index contributed by atoms with van der Waals surface area (Å²) < 4.78 is 12.2. The molecule has 2 aliphatic rings. The zero-order chi connectivity index (χ0) is 11.0. The Bertz CT molecular complexity index is 366. The van der Waals surface area contributed by atoms with Crippen molar-refractivity contribution in [3.8, 4) is 0 Å². The zero-order valence-corrected chi connectivity index (χ0v) is 11.0. The number of ether oxygens (including phenoxy) is 1. The summed E-state index contributed by atoms with van der Waals surface area (Å²) >= 11 is 3.55. The lowest BCUT2D eigenvalue weighted by atomic mass is 9.85. The molecule has 1 unspecified atom stereocenters. The van der Waals surface area contributed by atoms with Gasteiger partial charge in [0.1, 0.15) is 0 Å². The largest absolute Gasteiger partial charge is 0.457 e. The Morgan fingerprint density at radius 1 is 1.25 bits per heavy atom. The molecule has 88 valence electrons. The summed E-state index contributed by atoms with van der Waals surface area (Å²) in [5.41, 5.74) is 2.74. The van der Waals surface area contributed by atoms with E-state index in [1.165, 1.54) is 36.8 Å². The highest BCUT2D eigenvalue weighted by molar-refractivity contribution is 9.10. The summed E-state index contributed by atoms with van der Waals surface area (Å²) in [6, 6.07) is 0. The van der Waals surface area contributed by atoms with Gasteiger partial charge in [-0.15, -0.1) is 0 Å². The second-order valence-corrected chi connectivity index (χ2v) is 5.64. The van der Waals surface area contributed by atoms with Crippen molar-refractivity contribution >= 4 is 15.9 Å². The maximum atomic E-state index is 5.75. The van der Waals surface area contributed by atoms with Gasteiger partial charge in [-0.1, -0.05) is 12.8 Å². The molecule has 1 aliphatic carbocycles. The van der Waals surface area contributed by atoms with Gasteiger partial charge in [-0.25, -0.2) is 0 Å². The van der Waals surface area contributed by atoms with Crippen molar-refractivity contribution in [2.24, 2.45) is 5.92 Å². The van der Waals surface area contributed by atoms with Gasteiger partial charge in [-0.05, 0) is 46.7 Å². The van der Waals surface area contributed by atoms with E-state index in [4.69, 9.17) is 9.15 Å². The number of fused-ring (bicyclic) bond motifs is 1. The van der Waals surface area contributed by atoms with Gasteiger partial charge in [0, 0.05) is 11.5 Å². The van der Waals surface area contributed by atoms with Gasteiger partial charge in [-0.2, -0.15) is 0 Å². The van der Waals surface area contributed by atoms with Crippen LogP contribution >= 0.6 is 15.9 Å². The second kappa shape index (κ2) is 4.53. The Balaban J connectivity index is 1.94. The van der Waals surface area contributed by atoms with Crippen molar-refractivity contribution in [2.45, 2.75) is 38.0 Å². The topological polar surface area (TPSA) is 22.4 Å². The predicted octanol–water partition coefficient (Wildman–Crippen LogP) is 3.89. The molecule has 3 heteroatoms. The Hall–Kier alpha value is -0.280. The molecule has 1 aliphatic heterocycles. The van der Waals surface area contributed by atoms with E-state index in [0.717, 1.165) is 30.2 Å². The van der Waals surface area contributed by atoms with Crippen molar-refractivity contribution < 1.29 is 9.15 Å². The van der Waals surface area contributed by atoms with Crippen LogP contribution < -0.4 is 0 Å². The molecule has 1 aromatic rings. The van der Waals surface area contributed by atoms with Gasteiger partial charge < -0.3 is 9.15 Å². The highest BCUT2D eigenvalue weighted by Crippen LogP contribution is 2.43. The SMILES string of the molecule is Brc1occ2c1C(C1CCCC1)COCC2. The minimum absolute atomic E-state index is 0.549. The monoisotopic (exact) mass is 284 g/mol. The maximum Gasteiger partial charge on any atom is 0.172 e. The van der Waals surface area contributed by atoms with Crippen molar-refractivity contribution in [3.63, 3.8) is 0 Å². The van der Waals surface area contributed by atoms with Gasteiger partial charge in [-0.3, -0.25) is 0 Å². The van der Waals surface area contributed by atoms with Crippen molar-refractivity contribution in [2.75, 3.05) is 13.2 Å². The molecule has 1 fully saturated rings. The van der Waals surface area contributed by atoms with Gasteiger partial charge in [0.05, 0.1) is 19.5 Å². The Morgan fingerprint density at radius 2 is 2.06 bits per heavy atom. The van der Waals surface area contributed by atoms with Crippen LogP contribution in [0.5, 0.6) is 0 Å². The lowest BCUT2D eigenvalue weighted by Crippen LogP contribution is -2.15. The molecule has 0 amide bonds. The van der Waals surface area contributed by atoms with Crippen LogP contribution in [-0.2, 0) is 11.2 Å². The molecule has 16 heavy (non-hydrogen) atoms. The normalized spacial score (nSPS) is 26.7. The van der Waals surface area contributed by atoms with Crippen molar-refractivity contribution in [3.05, 3.63) is 22.1 Å². The van der Waals surface area contributed by atoms with Gasteiger partial charge in [0.2, 0.25) is 0 Å². The van der Waals surface area contributed by atoms with Crippen molar-refractivity contribution in [1.29, 1.82) is 0 Å². The van der Waals surface area contributed by atoms with Gasteiger partial charge in [0.25, 0.3) is 0 Å². The first-order valence-corrected chi connectivity index (χ1v) is 6.99. The molecule has 2 heterocycles. The quantitative estimate of drug-likeness (QED) is 0.781. The van der Waals surface area contributed by atoms with Crippen LogP contribution in [0.1, 0.15) is 42.7 Å². The van der Waals surface area contributed by atoms with E-state index in [2.05, 4.69) is 15.9 Å². The van der Waals surface area contributed by atoms with Crippen LogP contribution in [0.3, 0.4) is 0 Å². The fourth-order valence-electron chi connectivity index (χ4n) is 3.16. The molecule has 0 radical (unpaired) electrons. The van der Waals surface area contributed by atoms with Crippen LogP contribution in [0, 0.1) is 5.92 Å². The molecule has 1 aromatic heterocycles. The molecule has 1 atom stereocenters. The van der Waals surface area contributed by atoms with Crippen LogP contribution in [0.2, 0.25) is 0 Å². The first-order chi connectivity index (χ1) is 7.86. The smallest absolute Gasteiger partial charge is 0.172 e. The first kappa shape index (κ1) is 10.8. The molecule has 2 nitrogen and oxygen atoms in total. The molecule has 0 spiro atoms. The highest BCUT2D eigenvalue weighted by Gasteiger charge is 2.32. The van der Waals surface area contributed by atoms with Gasteiger partial charge in [0.15, 0.2) is 4.67 Å². The molecular weight excluding hydrogens is 268 g/mol. The minimum Gasteiger partial charge on any atom is -0.457 e. The summed E-state index contributed by atoms with van der Waals surface area (Å²) in [7, 11) is 0. The summed E-state index contributed by atoms with van der Waals surface area (Å²) in [6.45, 7) is 1.71. The van der Waals surface area contributed by atoms with Crippen LogP contribution in [0.25, 0.3) is 0 Å². The average molecular weight is 285 g/mol. The third-order valence-electron chi connectivity index (χ3n) is 4.02. The van der Waals surface area contributed by atoms with E-state index in [1.807, 2.05) is 6.26 Å². The van der Waals surface area contributed by atoms with E-state index in [1.54, 1.807) is 0 Å². The molecule has 0 bridgehead atoms. The lowest BCUT2D eigenvalue weighted by molar-refractivity contribution is 0.113. The number of rotatable bonds is 1. The molecule has 0 saturated heterocycles. The minimum atomic E-state index is 0.549. The van der Waals surface area contributed by atoms with Crippen molar-refractivity contribution in [1.82, 2.24) is 0 Å². The standard InChI is InChI=1S/C13H17BrO2/c14-13-12-10(7-16-13)5-6-15-8-11(12)9-3-1-2-4-9/h7,9,11H,1-6,8H2. The number of halogens is 1. The Kier molecular flexibility index (Phi) is 3.07. The van der Waals surface area contributed by atoms with E-state index in [0.29, 0.717) is 5.92 Å². The lowest BCUT2D eigenvalue weighted by Gasteiger charge is -2.21. The summed E-state index contributed by atoms with van der Waals surface area (Å²) in [4.78, 5) is 0. The third-order valence-corrected chi connectivity index (χ3v) is 4.63. The number of furan rings is 1. The average Bonchev–Trinajstić information content (AvgIpc) is 2.87. The van der Waals surface area contributed by atoms with E-state index >= 15 is 0 Å². The Labute approximate surface area is 104 Å². The summed E-state index contributed by atoms with van der Waals surface area (Å²) in [5.74, 6) is 1.35. The van der Waals surface area contributed by atoms with Crippen LogP contribution in [0.4, 0.5) is 0 Å². The summed E-state index contributed by atoms with van der Waals surface area (Å²) in [5, 5.41) is 0. The molecular formula is C13H17BrO2. The van der Waals surface area contributed by atoms with E-state index in [9.17, 15) is 0 Å². The first-order valence-electron chi connectivity index (χ1n) is 6.20. The fourth-order valence-corrected chi connectivity index (χ4v) is 3.80. The molecule has 0 N–H and O–H groups in total. The fraction of sp³-hybridized carbons (Fsp3) is 0.692. The predicted molar refractivity (Wildman–Crippen MR) is 65.6 cm³/mol. The van der Waals surface area contributed by atoms with E-state index < -0.39 is 0 Å². The summed E-state index contributed by atoms with van der Waals surface area (Å²) in [6.07, 6.45) is 8.36. The van der Waals surface area contributed by atoms with Gasteiger partial charge >= 0.3 is 0 Å². The maximum absolute atomic E-state index is 5.75. The number of hydrogen-bond donors (Lipinski definition) is 0. The zero-order valence-electron chi connectivity index (χ0n) is 9.38. The van der Waals surface area contributed by atoms with Crippen LogP contribution in [0.15, 0.2) is 15.3 Å². The molecule has 3 rings (SSSR count). The number of hydrogen-bond acceptors (Lipinski definition) is 2. The highest BCUT2D eigenvalue weighted by atomic mass is 79.9. The third kappa shape index (κ3) is 1.84. The second-order valence-electron chi connectivity index (χ2n) is 4.92. The molecule has 1 saturated carbocycles. The van der Waals surface area contributed by atoms with Crippen LogP contribution in [-0.4, -0.2) is 13.2 Å². The molecule has 0 aromatic carbocycles.